The fraction of sp³-hybridized carbons (Fsp3) is 0.429. The quantitative estimate of drug-likeness (QED) is 0.500. The number of aliphatic imine (C=N–C) groups is 1. The topological polar surface area (TPSA) is 44.3 Å². The maximum absolute atomic E-state index is 4.45. The molecule has 166 valence electrons. The van der Waals surface area contributed by atoms with E-state index >= 15 is 0 Å². The second kappa shape index (κ2) is 8.67. The van der Waals surface area contributed by atoms with Crippen molar-refractivity contribution < 1.29 is 0 Å². The van der Waals surface area contributed by atoms with Crippen molar-refractivity contribution in [2.75, 3.05) is 19.6 Å². The van der Waals surface area contributed by atoms with E-state index in [-0.39, 0.29) is 0 Å². The van der Waals surface area contributed by atoms with Gasteiger partial charge in [0.2, 0.25) is 0 Å². The SMILES string of the molecule is CC1=NC=C(CN2CCC(c3ccc4[nH]c(-c5ccnc(C)c5)c(C(C)C)c4c3)CC2)C1. The zero-order chi connectivity index (χ0) is 22.2. The molecule has 5 rings (SSSR count). The number of hydrogen-bond donors (Lipinski definition) is 1. The van der Waals surface area contributed by atoms with Crippen LogP contribution in [0.3, 0.4) is 0 Å². The molecule has 0 saturated carbocycles. The van der Waals surface area contributed by atoms with Crippen LogP contribution in [0.5, 0.6) is 0 Å². The van der Waals surface area contributed by atoms with E-state index in [1.54, 1.807) is 0 Å². The van der Waals surface area contributed by atoms with Gasteiger partial charge in [0.25, 0.3) is 0 Å². The molecule has 1 N–H and O–H groups in total. The van der Waals surface area contributed by atoms with E-state index in [2.05, 4.69) is 84.1 Å². The number of aromatic amines is 1. The van der Waals surface area contributed by atoms with Crippen molar-refractivity contribution in [3.8, 4) is 11.3 Å². The number of rotatable bonds is 5. The molecule has 0 spiro atoms. The highest BCUT2D eigenvalue weighted by Crippen LogP contribution is 2.38. The van der Waals surface area contributed by atoms with Crippen molar-refractivity contribution in [2.45, 2.75) is 58.8 Å². The number of benzene rings is 1. The maximum Gasteiger partial charge on any atom is 0.0501 e. The average Bonchev–Trinajstić information content (AvgIpc) is 3.37. The number of H-pyrrole nitrogens is 1. The molecule has 4 nitrogen and oxygen atoms in total. The summed E-state index contributed by atoms with van der Waals surface area (Å²) >= 11 is 0. The normalized spacial score (nSPS) is 17.9. The lowest BCUT2D eigenvalue weighted by molar-refractivity contribution is 0.227. The smallest absolute Gasteiger partial charge is 0.0501 e. The summed E-state index contributed by atoms with van der Waals surface area (Å²) < 4.78 is 0. The highest BCUT2D eigenvalue weighted by Gasteiger charge is 2.23. The van der Waals surface area contributed by atoms with Gasteiger partial charge in [-0.2, -0.15) is 0 Å². The Kier molecular flexibility index (Phi) is 5.73. The lowest BCUT2D eigenvalue weighted by atomic mass is 9.87. The van der Waals surface area contributed by atoms with Crippen LogP contribution in [0.25, 0.3) is 22.2 Å². The Labute approximate surface area is 191 Å². The number of fused-ring (bicyclic) bond motifs is 1. The minimum atomic E-state index is 0.453. The van der Waals surface area contributed by atoms with E-state index in [0.29, 0.717) is 11.8 Å². The van der Waals surface area contributed by atoms with Gasteiger partial charge >= 0.3 is 0 Å². The molecular weight excluding hydrogens is 392 g/mol. The second-order valence-electron chi connectivity index (χ2n) is 9.94. The van der Waals surface area contributed by atoms with Crippen molar-refractivity contribution in [2.24, 2.45) is 4.99 Å². The van der Waals surface area contributed by atoms with E-state index in [4.69, 9.17) is 0 Å². The van der Waals surface area contributed by atoms with Crippen LogP contribution < -0.4 is 0 Å². The number of pyridine rings is 1. The zero-order valence-electron chi connectivity index (χ0n) is 19.8. The van der Waals surface area contributed by atoms with E-state index < -0.39 is 0 Å². The molecule has 2 aliphatic heterocycles. The first kappa shape index (κ1) is 21.1. The van der Waals surface area contributed by atoms with Gasteiger partial charge in [-0.25, -0.2) is 0 Å². The first-order valence-corrected chi connectivity index (χ1v) is 12.0. The summed E-state index contributed by atoms with van der Waals surface area (Å²) in [4.78, 5) is 15.2. The molecule has 0 bridgehead atoms. The van der Waals surface area contributed by atoms with Crippen molar-refractivity contribution in [3.05, 3.63) is 65.1 Å². The van der Waals surface area contributed by atoms with Crippen LogP contribution in [0.2, 0.25) is 0 Å². The van der Waals surface area contributed by atoms with E-state index in [1.807, 2.05) is 6.20 Å². The Morgan fingerprint density at radius 3 is 2.59 bits per heavy atom. The van der Waals surface area contributed by atoms with E-state index in [9.17, 15) is 0 Å². The molecule has 0 amide bonds. The van der Waals surface area contributed by atoms with Crippen LogP contribution in [0, 0.1) is 6.92 Å². The van der Waals surface area contributed by atoms with Crippen LogP contribution in [0.15, 0.2) is 53.3 Å². The van der Waals surface area contributed by atoms with E-state index in [1.165, 1.54) is 70.5 Å². The predicted octanol–water partition coefficient (Wildman–Crippen LogP) is 6.59. The van der Waals surface area contributed by atoms with Gasteiger partial charge in [0, 0.05) is 53.2 Å². The molecule has 0 unspecified atom stereocenters. The van der Waals surface area contributed by atoms with Crippen LogP contribution in [0.4, 0.5) is 0 Å². The number of nitrogens with zero attached hydrogens (tertiary/aromatic N) is 3. The monoisotopic (exact) mass is 426 g/mol. The lowest BCUT2D eigenvalue weighted by Gasteiger charge is -2.32. The molecule has 0 aliphatic carbocycles. The Morgan fingerprint density at radius 1 is 1.09 bits per heavy atom. The predicted molar refractivity (Wildman–Crippen MR) is 135 cm³/mol. The molecule has 0 atom stereocenters. The van der Waals surface area contributed by atoms with Crippen molar-refractivity contribution in [1.29, 1.82) is 0 Å². The van der Waals surface area contributed by atoms with Gasteiger partial charge < -0.3 is 4.98 Å². The standard InChI is InChI=1S/C28H34N4/c1-18(2)27-25-15-23(5-6-26(25)31-28(27)24-7-10-29-20(4)14-24)22-8-11-32(12-9-22)17-21-13-19(3)30-16-21/h5-7,10,14-16,18,22,31H,8-9,11-13,17H2,1-4H3. The largest absolute Gasteiger partial charge is 0.354 e. The van der Waals surface area contributed by atoms with Crippen LogP contribution >= 0.6 is 0 Å². The average molecular weight is 427 g/mol. The molecule has 2 aliphatic rings. The fourth-order valence-electron chi connectivity index (χ4n) is 5.44. The molecule has 32 heavy (non-hydrogen) atoms. The molecule has 1 saturated heterocycles. The molecular formula is C28H34N4. The van der Waals surface area contributed by atoms with Gasteiger partial charge in [-0.1, -0.05) is 19.9 Å². The number of nitrogens with one attached hydrogen (secondary N) is 1. The summed E-state index contributed by atoms with van der Waals surface area (Å²) in [5.41, 5.74) is 10.4. The third-order valence-corrected chi connectivity index (χ3v) is 7.06. The summed E-state index contributed by atoms with van der Waals surface area (Å²) in [6, 6.07) is 11.4. The Morgan fingerprint density at radius 2 is 1.91 bits per heavy atom. The zero-order valence-corrected chi connectivity index (χ0v) is 19.8. The third kappa shape index (κ3) is 4.16. The first-order valence-electron chi connectivity index (χ1n) is 12.0. The van der Waals surface area contributed by atoms with Crippen LogP contribution in [-0.2, 0) is 0 Å². The highest BCUT2D eigenvalue weighted by atomic mass is 15.1. The molecule has 3 aromatic rings. The maximum atomic E-state index is 4.45. The molecule has 1 fully saturated rings. The molecule has 2 aromatic heterocycles. The Balaban J connectivity index is 1.37. The Hall–Kier alpha value is -2.72. The summed E-state index contributed by atoms with van der Waals surface area (Å²) in [5, 5.41) is 1.38. The van der Waals surface area contributed by atoms with Gasteiger partial charge in [-0.15, -0.1) is 0 Å². The summed E-state index contributed by atoms with van der Waals surface area (Å²) in [7, 11) is 0. The number of hydrogen-bond acceptors (Lipinski definition) is 3. The molecule has 4 heterocycles. The van der Waals surface area contributed by atoms with Crippen LogP contribution in [-0.4, -0.2) is 40.2 Å². The van der Waals surface area contributed by atoms with Crippen molar-refractivity contribution in [3.63, 3.8) is 0 Å². The van der Waals surface area contributed by atoms with E-state index in [0.717, 1.165) is 18.7 Å². The van der Waals surface area contributed by atoms with Gasteiger partial charge in [-0.3, -0.25) is 14.9 Å². The van der Waals surface area contributed by atoms with Gasteiger partial charge in [0.15, 0.2) is 0 Å². The van der Waals surface area contributed by atoms with Gasteiger partial charge in [0.1, 0.15) is 0 Å². The van der Waals surface area contributed by atoms with Gasteiger partial charge in [0.05, 0.1) is 5.69 Å². The van der Waals surface area contributed by atoms with Gasteiger partial charge in [-0.05, 0) is 92.6 Å². The number of piperidine rings is 1. The minimum Gasteiger partial charge on any atom is -0.354 e. The third-order valence-electron chi connectivity index (χ3n) is 7.06. The number of aromatic nitrogens is 2. The summed E-state index contributed by atoms with van der Waals surface area (Å²) in [5.74, 6) is 1.10. The van der Waals surface area contributed by atoms with Crippen molar-refractivity contribution >= 4 is 16.6 Å². The number of likely N-dealkylation sites (tertiary alicyclic amines) is 1. The molecule has 4 heteroatoms. The van der Waals surface area contributed by atoms with Crippen molar-refractivity contribution in [1.82, 2.24) is 14.9 Å². The molecule has 0 radical (unpaired) electrons. The fourth-order valence-corrected chi connectivity index (χ4v) is 5.44. The minimum absolute atomic E-state index is 0.453. The highest BCUT2D eigenvalue weighted by molar-refractivity contribution is 5.92. The molecule has 1 aromatic carbocycles. The lowest BCUT2D eigenvalue weighted by Crippen LogP contribution is -2.34. The Bertz CT molecular complexity index is 1190. The number of aryl methyl sites for hydroxylation is 1. The summed E-state index contributed by atoms with van der Waals surface area (Å²) in [6.45, 7) is 12.2. The summed E-state index contributed by atoms with van der Waals surface area (Å²) in [6.07, 6.45) is 7.51. The van der Waals surface area contributed by atoms with Crippen LogP contribution in [0.1, 0.15) is 68.7 Å². The first-order chi connectivity index (χ1) is 15.5. The second-order valence-corrected chi connectivity index (χ2v) is 9.94.